The fourth-order valence-electron chi connectivity index (χ4n) is 3.80. The van der Waals surface area contributed by atoms with Crippen molar-refractivity contribution in [2.24, 2.45) is 0 Å². The highest BCUT2D eigenvalue weighted by Gasteiger charge is 2.27. The fraction of sp³-hybridized carbons (Fsp3) is 0.200. The van der Waals surface area contributed by atoms with Crippen molar-refractivity contribution in [1.82, 2.24) is 4.90 Å². The molecular weight excluding hydrogens is 412 g/mol. The molecule has 164 valence electrons. The van der Waals surface area contributed by atoms with Crippen LogP contribution in [0.2, 0.25) is 0 Å². The average molecular weight is 435 g/mol. The van der Waals surface area contributed by atoms with E-state index in [1.54, 1.807) is 40.1 Å². The molecule has 1 N–H and O–H groups in total. The van der Waals surface area contributed by atoms with Gasteiger partial charge in [-0.1, -0.05) is 17.7 Å². The first-order valence-corrected chi connectivity index (χ1v) is 10.4. The number of amides is 3. The Labute approximate surface area is 185 Å². The highest BCUT2D eigenvalue weighted by molar-refractivity contribution is 6.04. The first-order valence-electron chi connectivity index (χ1n) is 10.4. The van der Waals surface area contributed by atoms with Gasteiger partial charge in [0, 0.05) is 42.6 Å². The second-order valence-corrected chi connectivity index (χ2v) is 7.86. The van der Waals surface area contributed by atoms with Gasteiger partial charge in [-0.3, -0.25) is 9.69 Å². The summed E-state index contributed by atoms with van der Waals surface area (Å²) >= 11 is 0. The van der Waals surface area contributed by atoms with E-state index in [1.807, 2.05) is 25.1 Å². The van der Waals surface area contributed by atoms with Gasteiger partial charge in [0.25, 0.3) is 5.91 Å². The molecule has 0 radical (unpaired) electrons. The highest BCUT2D eigenvalue weighted by Crippen LogP contribution is 2.24. The van der Waals surface area contributed by atoms with E-state index in [1.165, 1.54) is 12.1 Å². The van der Waals surface area contributed by atoms with Crippen LogP contribution in [0.25, 0.3) is 0 Å². The number of nitrogens with one attached hydrogen (secondary N) is 1. The van der Waals surface area contributed by atoms with Gasteiger partial charge in [0.2, 0.25) is 0 Å². The van der Waals surface area contributed by atoms with Crippen LogP contribution in [-0.4, -0.2) is 29.9 Å². The standard InChI is InChI=1S/C25H23F2N3O2/c1-17-4-2-5-19(12-17)24(31)28-22-6-8-23(9-7-22)30-11-3-10-29(25(30)32)16-18-13-20(26)15-21(27)14-18/h2,4-9,12-15H,3,10-11,16H2,1H3,(H,28,31). The summed E-state index contributed by atoms with van der Waals surface area (Å²) in [6.45, 7) is 3.11. The van der Waals surface area contributed by atoms with E-state index < -0.39 is 11.6 Å². The summed E-state index contributed by atoms with van der Waals surface area (Å²) in [6, 6.07) is 17.4. The van der Waals surface area contributed by atoms with E-state index in [0.717, 1.165) is 18.1 Å². The van der Waals surface area contributed by atoms with Crippen LogP contribution in [0.1, 0.15) is 27.9 Å². The van der Waals surface area contributed by atoms with Gasteiger partial charge in [0.1, 0.15) is 11.6 Å². The Kier molecular flexibility index (Phi) is 6.16. The number of rotatable bonds is 5. The lowest BCUT2D eigenvalue weighted by Crippen LogP contribution is -2.49. The number of benzene rings is 3. The molecule has 0 saturated carbocycles. The maximum atomic E-state index is 13.5. The molecule has 32 heavy (non-hydrogen) atoms. The van der Waals surface area contributed by atoms with Crippen molar-refractivity contribution in [3.05, 3.63) is 95.1 Å². The third-order valence-corrected chi connectivity index (χ3v) is 5.32. The minimum Gasteiger partial charge on any atom is -0.322 e. The SMILES string of the molecule is Cc1cccc(C(=O)Nc2ccc(N3CCCN(Cc4cc(F)cc(F)c4)C3=O)cc2)c1. The first kappa shape index (κ1) is 21.5. The second-order valence-electron chi connectivity index (χ2n) is 7.86. The van der Waals surface area contributed by atoms with Crippen molar-refractivity contribution in [2.75, 3.05) is 23.3 Å². The maximum Gasteiger partial charge on any atom is 0.324 e. The topological polar surface area (TPSA) is 52.7 Å². The van der Waals surface area contributed by atoms with Crippen LogP contribution in [0.4, 0.5) is 25.0 Å². The molecule has 0 spiro atoms. The van der Waals surface area contributed by atoms with Crippen LogP contribution in [0.15, 0.2) is 66.7 Å². The average Bonchev–Trinajstić information content (AvgIpc) is 2.75. The summed E-state index contributed by atoms with van der Waals surface area (Å²) in [4.78, 5) is 28.6. The number of nitrogens with zero attached hydrogens (tertiary/aromatic N) is 2. The molecule has 0 atom stereocenters. The number of carbonyl (C=O) groups is 2. The van der Waals surface area contributed by atoms with Gasteiger partial charge in [0.15, 0.2) is 0 Å². The predicted octanol–water partition coefficient (Wildman–Crippen LogP) is 5.36. The smallest absolute Gasteiger partial charge is 0.322 e. The summed E-state index contributed by atoms with van der Waals surface area (Å²) in [5, 5.41) is 2.85. The molecular formula is C25H23F2N3O2. The van der Waals surface area contributed by atoms with Crippen molar-refractivity contribution in [3.8, 4) is 0 Å². The number of halogens is 2. The molecule has 4 rings (SSSR count). The number of urea groups is 1. The number of hydrogen-bond acceptors (Lipinski definition) is 2. The van der Waals surface area contributed by atoms with Gasteiger partial charge in [-0.25, -0.2) is 13.6 Å². The van der Waals surface area contributed by atoms with Crippen molar-refractivity contribution in [3.63, 3.8) is 0 Å². The van der Waals surface area contributed by atoms with Crippen molar-refractivity contribution >= 4 is 23.3 Å². The third kappa shape index (κ3) is 4.94. The number of carbonyl (C=O) groups excluding carboxylic acids is 2. The maximum absolute atomic E-state index is 13.5. The summed E-state index contributed by atoms with van der Waals surface area (Å²) in [6.07, 6.45) is 0.732. The Hall–Kier alpha value is -3.74. The lowest BCUT2D eigenvalue weighted by atomic mass is 10.1. The number of hydrogen-bond donors (Lipinski definition) is 1. The molecule has 1 fully saturated rings. The van der Waals surface area contributed by atoms with Crippen molar-refractivity contribution < 1.29 is 18.4 Å². The molecule has 7 heteroatoms. The van der Waals surface area contributed by atoms with E-state index in [4.69, 9.17) is 0 Å². The molecule has 3 aromatic rings. The number of aryl methyl sites for hydroxylation is 1. The molecule has 1 aliphatic heterocycles. The van der Waals surface area contributed by atoms with Crippen LogP contribution in [0, 0.1) is 18.6 Å². The van der Waals surface area contributed by atoms with Gasteiger partial charge < -0.3 is 10.2 Å². The Morgan fingerprint density at radius 1 is 0.969 bits per heavy atom. The van der Waals surface area contributed by atoms with Gasteiger partial charge in [0.05, 0.1) is 0 Å². The zero-order valence-corrected chi connectivity index (χ0v) is 17.6. The van der Waals surface area contributed by atoms with Crippen LogP contribution < -0.4 is 10.2 Å². The Morgan fingerprint density at radius 3 is 2.38 bits per heavy atom. The highest BCUT2D eigenvalue weighted by atomic mass is 19.1. The van der Waals surface area contributed by atoms with Crippen molar-refractivity contribution in [2.45, 2.75) is 19.9 Å². The van der Waals surface area contributed by atoms with Gasteiger partial charge in [-0.2, -0.15) is 0 Å². The van der Waals surface area contributed by atoms with Gasteiger partial charge in [-0.15, -0.1) is 0 Å². The summed E-state index contributed by atoms with van der Waals surface area (Å²) in [5.41, 5.74) is 3.30. The molecule has 1 saturated heterocycles. The monoisotopic (exact) mass is 435 g/mol. The van der Waals surface area contributed by atoms with E-state index in [-0.39, 0.29) is 18.5 Å². The Balaban J connectivity index is 1.43. The van der Waals surface area contributed by atoms with Crippen LogP contribution >= 0.6 is 0 Å². The lowest BCUT2D eigenvalue weighted by Gasteiger charge is -2.35. The summed E-state index contributed by atoms with van der Waals surface area (Å²) < 4.78 is 27.0. The predicted molar refractivity (Wildman–Crippen MR) is 120 cm³/mol. The molecule has 5 nitrogen and oxygen atoms in total. The molecule has 1 heterocycles. The number of anilines is 2. The molecule has 3 amide bonds. The Morgan fingerprint density at radius 2 is 1.69 bits per heavy atom. The van der Waals surface area contributed by atoms with E-state index >= 15 is 0 Å². The van der Waals surface area contributed by atoms with Crippen LogP contribution in [-0.2, 0) is 6.54 Å². The van der Waals surface area contributed by atoms with Crippen molar-refractivity contribution in [1.29, 1.82) is 0 Å². The van der Waals surface area contributed by atoms with Gasteiger partial charge in [-0.05, 0) is 67.4 Å². The first-order chi connectivity index (χ1) is 15.4. The molecule has 1 aliphatic rings. The summed E-state index contributed by atoms with van der Waals surface area (Å²) in [5.74, 6) is -1.53. The minimum absolute atomic E-state index is 0.134. The van der Waals surface area contributed by atoms with Gasteiger partial charge >= 0.3 is 6.03 Å². The third-order valence-electron chi connectivity index (χ3n) is 5.32. The minimum atomic E-state index is -0.662. The zero-order chi connectivity index (χ0) is 22.7. The van der Waals surface area contributed by atoms with E-state index in [0.29, 0.717) is 35.6 Å². The molecule has 0 unspecified atom stereocenters. The van der Waals surface area contributed by atoms with E-state index in [9.17, 15) is 18.4 Å². The van der Waals surface area contributed by atoms with Crippen LogP contribution in [0.3, 0.4) is 0 Å². The zero-order valence-electron chi connectivity index (χ0n) is 17.6. The van der Waals surface area contributed by atoms with E-state index in [2.05, 4.69) is 5.32 Å². The largest absolute Gasteiger partial charge is 0.324 e. The summed E-state index contributed by atoms with van der Waals surface area (Å²) in [7, 11) is 0. The Bertz CT molecular complexity index is 1130. The second kappa shape index (κ2) is 9.18. The normalized spacial score (nSPS) is 13.9. The molecule has 3 aromatic carbocycles. The fourth-order valence-corrected chi connectivity index (χ4v) is 3.80. The quantitative estimate of drug-likeness (QED) is 0.587. The van der Waals surface area contributed by atoms with Crippen LogP contribution in [0.5, 0.6) is 0 Å². The molecule has 0 aromatic heterocycles. The molecule has 0 aliphatic carbocycles. The molecule has 0 bridgehead atoms. The lowest BCUT2D eigenvalue weighted by molar-refractivity contribution is 0.102.